The van der Waals surface area contributed by atoms with E-state index in [4.69, 9.17) is 14.2 Å². The van der Waals surface area contributed by atoms with E-state index in [-0.39, 0.29) is 38.0 Å². The van der Waals surface area contributed by atoms with Crippen molar-refractivity contribution >= 4 is 18.2 Å². The molecule has 0 aliphatic carbocycles. The Hall–Kier alpha value is -3.56. The third kappa shape index (κ3) is 9.79. The molecule has 0 unspecified atom stereocenters. The van der Waals surface area contributed by atoms with Crippen molar-refractivity contribution in [3.05, 3.63) is 41.3 Å². The van der Waals surface area contributed by atoms with Crippen molar-refractivity contribution < 1.29 is 33.2 Å². The molecule has 226 valence electrons. The number of fused-ring (bicyclic) bond motifs is 1. The fraction of sp³-hybridized carbons (Fsp3) is 0.613. The van der Waals surface area contributed by atoms with Crippen molar-refractivity contribution in [2.45, 2.75) is 125 Å². The summed E-state index contributed by atoms with van der Waals surface area (Å²) in [6.07, 6.45) is 10.5. The summed E-state index contributed by atoms with van der Waals surface area (Å²) >= 11 is 0. The van der Waals surface area contributed by atoms with Crippen LogP contribution in [0.5, 0.6) is 0 Å². The molecule has 10 nitrogen and oxygen atoms in total. The number of esters is 1. The molecule has 1 aliphatic rings. The highest BCUT2D eigenvalue weighted by Crippen LogP contribution is 2.36. The van der Waals surface area contributed by atoms with E-state index in [9.17, 15) is 14.4 Å². The number of aromatic nitrogens is 2. The van der Waals surface area contributed by atoms with E-state index < -0.39 is 12.2 Å². The molecular weight excluding hydrogens is 524 g/mol. The van der Waals surface area contributed by atoms with Gasteiger partial charge in [-0.15, -0.1) is 0 Å². The van der Waals surface area contributed by atoms with Crippen molar-refractivity contribution in [1.29, 1.82) is 0 Å². The monoisotopic (exact) mass is 571 g/mol. The molecule has 0 bridgehead atoms. The van der Waals surface area contributed by atoms with Crippen molar-refractivity contribution in [2.24, 2.45) is 0 Å². The maximum absolute atomic E-state index is 12.4. The van der Waals surface area contributed by atoms with Crippen molar-refractivity contribution in [2.75, 3.05) is 0 Å². The minimum atomic E-state index is -0.500. The number of alkyl carbamates (subject to hydrolysis) is 2. The first-order chi connectivity index (χ1) is 19.7. The lowest BCUT2D eigenvalue weighted by molar-refractivity contribution is -0.727. The Morgan fingerprint density at radius 3 is 2.10 bits per heavy atom. The van der Waals surface area contributed by atoms with Crippen LogP contribution < -0.4 is 15.2 Å². The van der Waals surface area contributed by atoms with Gasteiger partial charge in [0.05, 0.1) is 5.69 Å². The molecule has 0 atom stereocenters. The minimum Gasteiger partial charge on any atom is -0.445 e. The first kappa shape index (κ1) is 32.0. The first-order valence-electron chi connectivity index (χ1n) is 14.9. The van der Waals surface area contributed by atoms with Crippen molar-refractivity contribution in [3.63, 3.8) is 0 Å². The van der Waals surface area contributed by atoms with Crippen LogP contribution in [-0.4, -0.2) is 34.8 Å². The number of hydrogen-bond acceptors (Lipinski definition) is 6. The van der Waals surface area contributed by atoms with Crippen LogP contribution in [0.25, 0.3) is 11.3 Å². The maximum Gasteiger partial charge on any atom is 0.407 e. The molecule has 0 fully saturated rings. The van der Waals surface area contributed by atoms with Gasteiger partial charge in [-0.25, -0.2) is 9.59 Å². The van der Waals surface area contributed by atoms with Crippen LogP contribution in [0.4, 0.5) is 9.59 Å². The van der Waals surface area contributed by atoms with E-state index in [0.29, 0.717) is 6.42 Å². The lowest BCUT2D eigenvalue weighted by atomic mass is 10.0. The number of rotatable bonds is 15. The second-order valence-electron chi connectivity index (χ2n) is 11.2. The SMILES string of the molecule is CCCCCCCC(=O)OC[n+]1ccc(-c2c(COC(=O)NC(C)C)c(COC(=O)NC(C)C)c3n2CCC3)cc1. The average molecular weight is 572 g/mol. The number of carbonyl (C=O) groups excluding carboxylic acids is 3. The van der Waals surface area contributed by atoms with Crippen molar-refractivity contribution in [3.8, 4) is 11.3 Å². The van der Waals surface area contributed by atoms with Crippen LogP contribution in [-0.2, 0) is 51.9 Å². The molecule has 0 radical (unpaired) electrons. The molecule has 2 aromatic heterocycles. The van der Waals surface area contributed by atoms with Gasteiger partial charge in [-0.2, -0.15) is 4.57 Å². The molecule has 0 spiro atoms. The van der Waals surface area contributed by atoms with E-state index in [0.717, 1.165) is 66.7 Å². The number of carbonyl (C=O) groups is 3. The number of pyridine rings is 1. The van der Waals surface area contributed by atoms with Gasteiger partial charge in [-0.05, 0) is 47.0 Å². The highest BCUT2D eigenvalue weighted by Gasteiger charge is 2.28. The van der Waals surface area contributed by atoms with Crippen LogP contribution in [0, 0.1) is 0 Å². The van der Waals surface area contributed by atoms with E-state index >= 15 is 0 Å². The molecule has 3 rings (SSSR count). The summed E-state index contributed by atoms with van der Waals surface area (Å²) < 4.78 is 20.7. The van der Waals surface area contributed by atoms with Gasteiger partial charge in [0.1, 0.15) is 13.2 Å². The third-order valence-electron chi connectivity index (χ3n) is 6.92. The molecule has 2 aromatic rings. The molecule has 2 N–H and O–H groups in total. The number of ether oxygens (including phenoxy) is 3. The van der Waals surface area contributed by atoms with Crippen LogP contribution >= 0.6 is 0 Å². The topological polar surface area (TPSA) is 112 Å². The number of unbranched alkanes of at least 4 members (excludes halogenated alkanes) is 4. The Morgan fingerprint density at radius 2 is 1.49 bits per heavy atom. The Balaban J connectivity index is 1.77. The highest BCUT2D eigenvalue weighted by atomic mass is 16.6. The second kappa shape index (κ2) is 16.0. The van der Waals surface area contributed by atoms with Gasteiger partial charge in [-0.3, -0.25) is 4.79 Å². The lowest BCUT2D eigenvalue weighted by Gasteiger charge is -2.14. The average Bonchev–Trinajstić information content (AvgIpc) is 3.49. The van der Waals surface area contributed by atoms with E-state index in [1.807, 2.05) is 56.8 Å². The normalized spacial score (nSPS) is 12.4. The van der Waals surface area contributed by atoms with Gasteiger partial charge in [0.2, 0.25) is 0 Å². The summed E-state index contributed by atoms with van der Waals surface area (Å²) in [5.41, 5.74) is 4.66. The lowest BCUT2D eigenvalue weighted by Crippen LogP contribution is -2.35. The fourth-order valence-corrected chi connectivity index (χ4v) is 4.99. The Bertz CT molecular complexity index is 1160. The van der Waals surface area contributed by atoms with E-state index in [1.54, 1.807) is 0 Å². The third-order valence-corrected chi connectivity index (χ3v) is 6.92. The first-order valence-corrected chi connectivity index (χ1v) is 14.9. The van der Waals surface area contributed by atoms with Crippen LogP contribution in [0.3, 0.4) is 0 Å². The quantitative estimate of drug-likeness (QED) is 0.126. The van der Waals surface area contributed by atoms with Gasteiger partial charge in [0, 0.05) is 59.6 Å². The predicted octanol–water partition coefficient (Wildman–Crippen LogP) is 5.52. The zero-order valence-corrected chi connectivity index (χ0v) is 25.3. The van der Waals surface area contributed by atoms with E-state index in [1.165, 1.54) is 12.8 Å². The molecular formula is C31H47N4O6+. The Kier molecular flexibility index (Phi) is 12.5. The maximum atomic E-state index is 12.4. The second-order valence-corrected chi connectivity index (χ2v) is 11.2. The predicted molar refractivity (Wildman–Crippen MR) is 155 cm³/mol. The summed E-state index contributed by atoms with van der Waals surface area (Å²) in [4.78, 5) is 36.8. The van der Waals surface area contributed by atoms with Gasteiger partial charge >= 0.3 is 18.2 Å². The Morgan fingerprint density at radius 1 is 0.878 bits per heavy atom. The molecule has 0 aromatic carbocycles. The molecule has 1 aliphatic heterocycles. The minimum absolute atomic E-state index is 0.0403. The summed E-state index contributed by atoms with van der Waals surface area (Å²) in [5.74, 6) is -0.187. The zero-order valence-electron chi connectivity index (χ0n) is 25.3. The largest absolute Gasteiger partial charge is 0.445 e. The zero-order chi connectivity index (χ0) is 29.8. The smallest absolute Gasteiger partial charge is 0.407 e. The van der Waals surface area contributed by atoms with Crippen LogP contribution in [0.15, 0.2) is 24.5 Å². The van der Waals surface area contributed by atoms with Crippen LogP contribution in [0.2, 0.25) is 0 Å². The highest BCUT2D eigenvalue weighted by molar-refractivity contribution is 5.71. The number of amides is 2. The molecule has 2 amide bonds. The summed E-state index contributed by atoms with van der Waals surface area (Å²) in [6, 6.07) is 3.84. The van der Waals surface area contributed by atoms with E-state index in [2.05, 4.69) is 22.1 Å². The number of hydrogen-bond donors (Lipinski definition) is 2. The molecule has 3 heterocycles. The Labute approximate surface area is 243 Å². The summed E-state index contributed by atoms with van der Waals surface area (Å²) in [5, 5.41) is 5.51. The molecule has 0 saturated carbocycles. The van der Waals surface area contributed by atoms with Gasteiger partial charge in [-0.1, -0.05) is 32.6 Å². The van der Waals surface area contributed by atoms with Gasteiger partial charge in [0.15, 0.2) is 12.4 Å². The van der Waals surface area contributed by atoms with Gasteiger partial charge in [0.25, 0.3) is 6.73 Å². The number of nitrogens with zero attached hydrogens (tertiary/aromatic N) is 2. The van der Waals surface area contributed by atoms with Crippen LogP contribution in [0.1, 0.15) is 96.4 Å². The number of nitrogens with one attached hydrogen (secondary N) is 2. The molecule has 0 saturated heterocycles. The van der Waals surface area contributed by atoms with Gasteiger partial charge < -0.3 is 29.4 Å². The molecule has 41 heavy (non-hydrogen) atoms. The fourth-order valence-electron chi connectivity index (χ4n) is 4.99. The summed E-state index contributed by atoms with van der Waals surface area (Å²) in [6.45, 7) is 10.8. The summed E-state index contributed by atoms with van der Waals surface area (Å²) in [7, 11) is 0. The van der Waals surface area contributed by atoms with Crippen molar-refractivity contribution in [1.82, 2.24) is 15.2 Å². The standard InChI is InChI=1S/C31H46N4O6/c1-6-7-8-9-10-13-28(36)41-21-34-17-14-24(15-18-34)29-26(20-40-31(38)33-23(4)5)25(27-12-11-16-35(27)29)19-39-30(37)32-22(2)3/h14-15,17-18,22-23H,6-13,16,19-21H2,1-5H3,(H-,32,33,37,38)/p+1. The molecule has 10 heteroatoms.